The Balaban J connectivity index is 1.56. The largest absolute Gasteiger partial charge is 0.463 e. The van der Waals surface area contributed by atoms with E-state index in [4.69, 9.17) is 4.74 Å². The maximum atomic E-state index is 12.0. The Kier molecular flexibility index (Phi) is 5.38. The van der Waals surface area contributed by atoms with Gasteiger partial charge in [-0.3, -0.25) is 4.79 Å². The highest BCUT2D eigenvalue weighted by atomic mass is 16.5. The quantitative estimate of drug-likeness (QED) is 0.454. The highest BCUT2D eigenvalue weighted by molar-refractivity contribution is 5.92. The molecule has 4 rings (SSSR count). The van der Waals surface area contributed by atoms with Crippen molar-refractivity contribution in [3.8, 4) is 0 Å². The third-order valence-electron chi connectivity index (χ3n) is 9.05. The van der Waals surface area contributed by atoms with Crippen LogP contribution in [0.25, 0.3) is 0 Å². The van der Waals surface area contributed by atoms with E-state index >= 15 is 0 Å². The second-order valence-corrected chi connectivity index (χ2v) is 10.3. The molecule has 4 aliphatic rings. The molecule has 3 nitrogen and oxygen atoms in total. The van der Waals surface area contributed by atoms with Gasteiger partial charge in [0.2, 0.25) is 0 Å². The number of hydrogen-bond acceptors (Lipinski definition) is 3. The van der Waals surface area contributed by atoms with Crippen LogP contribution in [0, 0.1) is 40.4 Å². The Bertz CT molecular complexity index is 775. The van der Waals surface area contributed by atoms with Crippen LogP contribution in [0.2, 0.25) is 0 Å². The summed E-state index contributed by atoms with van der Waals surface area (Å²) in [4.78, 5) is 23.7. The number of esters is 1. The van der Waals surface area contributed by atoms with Gasteiger partial charge in [-0.25, -0.2) is 4.79 Å². The molecule has 0 radical (unpaired) electrons. The number of allylic oxidation sites excluding steroid dienone is 5. The number of rotatable bonds is 4. The predicted octanol–water partition coefficient (Wildman–Crippen LogP) is 5.67. The van der Waals surface area contributed by atoms with Crippen molar-refractivity contribution >= 4 is 11.8 Å². The number of hydrogen-bond donors (Lipinski definition) is 0. The smallest absolute Gasteiger partial charge is 0.330 e. The van der Waals surface area contributed by atoms with Gasteiger partial charge in [-0.2, -0.15) is 0 Å². The number of ketones is 1. The molecule has 0 aromatic heterocycles. The molecule has 0 amide bonds. The fourth-order valence-corrected chi connectivity index (χ4v) is 7.46. The lowest BCUT2D eigenvalue weighted by molar-refractivity contribution is -0.137. The van der Waals surface area contributed by atoms with Gasteiger partial charge in [-0.15, -0.1) is 0 Å². The zero-order valence-electron chi connectivity index (χ0n) is 18.4. The molecule has 3 heteroatoms. The first-order valence-corrected chi connectivity index (χ1v) is 11.6. The van der Waals surface area contributed by atoms with Crippen molar-refractivity contribution in [2.75, 3.05) is 6.61 Å². The fourth-order valence-electron chi connectivity index (χ4n) is 7.46. The minimum absolute atomic E-state index is 0.169. The zero-order chi connectivity index (χ0) is 20.8. The van der Waals surface area contributed by atoms with Crippen LogP contribution in [-0.4, -0.2) is 18.4 Å². The van der Waals surface area contributed by atoms with E-state index in [0.717, 1.165) is 6.42 Å². The normalized spacial score (nSPS) is 42.1. The van der Waals surface area contributed by atoms with E-state index in [9.17, 15) is 9.59 Å². The summed E-state index contributed by atoms with van der Waals surface area (Å²) in [5.74, 6) is 3.06. The Labute approximate surface area is 175 Å². The average Bonchev–Trinajstić information content (AvgIpc) is 3.04. The molecule has 2 saturated carbocycles. The molecule has 4 aliphatic carbocycles. The SMILES string of the molecule is CCOC(=O)/C=C/[C@@H](C)[C@H]1CC[C@H]2[C@@H]3C=CC4=CC(=O)CC[C@]4(C)[C@H]3CC[C@]12C. The molecule has 0 aliphatic heterocycles. The van der Waals surface area contributed by atoms with Gasteiger partial charge in [0, 0.05) is 12.5 Å². The van der Waals surface area contributed by atoms with Crippen molar-refractivity contribution in [1.29, 1.82) is 0 Å². The molecule has 0 N–H and O–H groups in total. The molecule has 0 heterocycles. The fraction of sp³-hybridized carbons (Fsp3) is 0.692. The number of carbonyl (C=O) groups excluding carboxylic acids is 2. The molecular weight excluding hydrogens is 360 g/mol. The highest BCUT2D eigenvalue weighted by Gasteiger charge is 2.58. The number of fused-ring (bicyclic) bond motifs is 5. The lowest BCUT2D eigenvalue weighted by Gasteiger charge is -2.56. The van der Waals surface area contributed by atoms with E-state index in [-0.39, 0.29) is 11.4 Å². The molecule has 158 valence electrons. The second kappa shape index (κ2) is 7.56. The summed E-state index contributed by atoms with van der Waals surface area (Å²) < 4.78 is 5.06. The Hall–Kier alpha value is -1.64. The summed E-state index contributed by atoms with van der Waals surface area (Å²) >= 11 is 0. The molecule has 0 bridgehead atoms. The Morgan fingerprint density at radius 1 is 1.24 bits per heavy atom. The topological polar surface area (TPSA) is 43.4 Å². The van der Waals surface area contributed by atoms with Crippen LogP contribution < -0.4 is 0 Å². The molecular formula is C26H36O3. The third-order valence-corrected chi connectivity index (χ3v) is 9.05. The number of carbonyl (C=O) groups is 2. The maximum absolute atomic E-state index is 12.0. The second-order valence-electron chi connectivity index (χ2n) is 10.3. The Morgan fingerprint density at radius 3 is 2.79 bits per heavy atom. The predicted molar refractivity (Wildman–Crippen MR) is 115 cm³/mol. The summed E-state index contributed by atoms with van der Waals surface area (Å²) in [6, 6.07) is 0. The summed E-state index contributed by atoms with van der Waals surface area (Å²) in [7, 11) is 0. The van der Waals surface area contributed by atoms with Gasteiger partial charge in [-0.1, -0.05) is 39.0 Å². The molecule has 0 unspecified atom stereocenters. The standard InChI is InChI=1S/C26H36O3/c1-5-29-24(28)11-6-17(2)21-9-10-22-20-8-7-18-16-19(27)12-14-25(18,3)23(20)13-15-26(21,22)4/h6-8,11,16-17,20-23H,5,9-10,12-15H2,1-4H3/b11-6+/t17-,20+,21-,22+,23+,25+,26-/m1/s1. The molecule has 2 fully saturated rings. The van der Waals surface area contributed by atoms with Crippen LogP contribution in [0.5, 0.6) is 0 Å². The van der Waals surface area contributed by atoms with E-state index in [1.54, 1.807) is 6.08 Å². The highest BCUT2D eigenvalue weighted by Crippen LogP contribution is 2.66. The van der Waals surface area contributed by atoms with Crippen molar-refractivity contribution < 1.29 is 14.3 Å². The minimum atomic E-state index is -0.225. The van der Waals surface area contributed by atoms with Crippen LogP contribution in [-0.2, 0) is 14.3 Å². The third kappa shape index (κ3) is 3.35. The Morgan fingerprint density at radius 2 is 2.03 bits per heavy atom. The van der Waals surface area contributed by atoms with Gasteiger partial charge in [0.25, 0.3) is 0 Å². The first-order chi connectivity index (χ1) is 13.8. The van der Waals surface area contributed by atoms with E-state index in [0.29, 0.717) is 53.8 Å². The van der Waals surface area contributed by atoms with Gasteiger partial charge < -0.3 is 4.74 Å². The zero-order valence-corrected chi connectivity index (χ0v) is 18.4. The molecule has 0 spiro atoms. The maximum Gasteiger partial charge on any atom is 0.330 e. The van der Waals surface area contributed by atoms with Crippen molar-refractivity contribution in [2.24, 2.45) is 40.4 Å². The van der Waals surface area contributed by atoms with Crippen LogP contribution in [0.3, 0.4) is 0 Å². The van der Waals surface area contributed by atoms with Crippen molar-refractivity contribution in [2.45, 2.75) is 66.2 Å². The summed E-state index contributed by atoms with van der Waals surface area (Å²) in [5, 5.41) is 0. The van der Waals surface area contributed by atoms with Gasteiger partial charge in [0.05, 0.1) is 6.61 Å². The lowest BCUT2D eigenvalue weighted by atomic mass is 9.48. The van der Waals surface area contributed by atoms with Crippen LogP contribution >= 0.6 is 0 Å². The van der Waals surface area contributed by atoms with E-state index in [1.165, 1.54) is 31.3 Å². The summed E-state index contributed by atoms with van der Waals surface area (Å²) in [5.41, 5.74) is 1.77. The van der Waals surface area contributed by atoms with E-state index in [2.05, 4.69) is 39.0 Å². The molecule has 0 aromatic carbocycles. The van der Waals surface area contributed by atoms with Gasteiger partial charge in [0.15, 0.2) is 5.78 Å². The van der Waals surface area contributed by atoms with E-state index in [1.807, 2.05) is 13.0 Å². The van der Waals surface area contributed by atoms with Gasteiger partial charge in [0.1, 0.15) is 0 Å². The van der Waals surface area contributed by atoms with Crippen LogP contribution in [0.15, 0.2) is 36.0 Å². The average molecular weight is 397 g/mol. The van der Waals surface area contributed by atoms with Gasteiger partial charge in [-0.05, 0) is 91.1 Å². The van der Waals surface area contributed by atoms with Crippen molar-refractivity contribution in [3.05, 3.63) is 36.0 Å². The summed E-state index contributed by atoms with van der Waals surface area (Å²) in [6.07, 6.45) is 17.1. The molecule has 0 aromatic rings. The lowest BCUT2D eigenvalue weighted by Crippen LogP contribution is -2.49. The monoisotopic (exact) mass is 396 g/mol. The van der Waals surface area contributed by atoms with Gasteiger partial charge >= 0.3 is 5.97 Å². The van der Waals surface area contributed by atoms with Crippen molar-refractivity contribution in [1.82, 2.24) is 0 Å². The number of ether oxygens (including phenoxy) is 1. The van der Waals surface area contributed by atoms with Crippen LogP contribution in [0.1, 0.15) is 66.2 Å². The molecule has 0 saturated heterocycles. The first kappa shape index (κ1) is 20.6. The van der Waals surface area contributed by atoms with E-state index < -0.39 is 0 Å². The van der Waals surface area contributed by atoms with Crippen molar-refractivity contribution in [3.63, 3.8) is 0 Å². The molecule has 7 atom stereocenters. The molecule has 29 heavy (non-hydrogen) atoms. The summed E-state index contributed by atoms with van der Waals surface area (Å²) in [6.45, 7) is 9.46. The van der Waals surface area contributed by atoms with Crippen LogP contribution in [0.4, 0.5) is 0 Å². The minimum Gasteiger partial charge on any atom is -0.463 e. The first-order valence-electron chi connectivity index (χ1n) is 11.6.